The van der Waals surface area contributed by atoms with Crippen molar-refractivity contribution in [2.75, 3.05) is 5.32 Å². The van der Waals surface area contributed by atoms with Crippen LogP contribution in [-0.4, -0.2) is 0 Å². The van der Waals surface area contributed by atoms with Crippen LogP contribution in [0.4, 0.5) is 18.9 Å². The second kappa shape index (κ2) is 5.86. The molecule has 0 aliphatic rings. The lowest BCUT2D eigenvalue weighted by atomic mass is 10.1. The van der Waals surface area contributed by atoms with E-state index in [-0.39, 0.29) is 17.8 Å². The highest BCUT2D eigenvalue weighted by Gasteiger charge is 2.33. The molecule has 0 spiro atoms. The van der Waals surface area contributed by atoms with E-state index >= 15 is 0 Å². The maximum absolute atomic E-state index is 13.0. The number of nitriles is 2. The summed E-state index contributed by atoms with van der Waals surface area (Å²) in [5, 5.41) is 21.7. The third-order valence-corrected chi connectivity index (χ3v) is 3.63. The van der Waals surface area contributed by atoms with Crippen LogP contribution in [0.1, 0.15) is 21.6 Å². The summed E-state index contributed by atoms with van der Waals surface area (Å²) in [7, 11) is 0. The van der Waals surface area contributed by atoms with E-state index in [9.17, 15) is 13.2 Å². The van der Waals surface area contributed by atoms with Crippen molar-refractivity contribution in [2.45, 2.75) is 12.7 Å². The van der Waals surface area contributed by atoms with E-state index in [4.69, 9.17) is 10.5 Å². The summed E-state index contributed by atoms with van der Waals surface area (Å²) in [5.74, 6) is 0. The highest BCUT2D eigenvalue weighted by molar-refractivity contribution is 7.10. The first kappa shape index (κ1) is 14.9. The van der Waals surface area contributed by atoms with Crippen LogP contribution in [0.25, 0.3) is 0 Å². The molecule has 0 radical (unpaired) electrons. The number of benzene rings is 1. The smallest absolute Gasteiger partial charge is 0.380 e. The van der Waals surface area contributed by atoms with Gasteiger partial charge in [0, 0.05) is 22.5 Å². The van der Waals surface area contributed by atoms with Gasteiger partial charge in [0.2, 0.25) is 0 Å². The molecule has 2 rings (SSSR count). The van der Waals surface area contributed by atoms with Gasteiger partial charge in [-0.2, -0.15) is 23.7 Å². The van der Waals surface area contributed by atoms with Crippen LogP contribution in [0.3, 0.4) is 0 Å². The van der Waals surface area contributed by atoms with Crippen molar-refractivity contribution in [1.82, 2.24) is 0 Å². The van der Waals surface area contributed by atoms with E-state index in [2.05, 4.69) is 5.32 Å². The standard InChI is InChI=1S/C14H8F3N3S/c15-14(16,17)12-4-9(5-18)1-2-13(12)20-7-11-3-10(6-19)8-21-11/h1-4,8,20H,7H2. The van der Waals surface area contributed by atoms with Gasteiger partial charge in [0.1, 0.15) is 6.07 Å². The van der Waals surface area contributed by atoms with Crippen molar-refractivity contribution < 1.29 is 13.2 Å². The second-order valence-corrected chi connectivity index (χ2v) is 5.13. The fraction of sp³-hybridized carbons (Fsp3) is 0.143. The van der Waals surface area contributed by atoms with Gasteiger partial charge in [-0.1, -0.05) is 0 Å². The molecule has 7 heteroatoms. The molecule has 1 aromatic carbocycles. The summed E-state index contributed by atoms with van der Waals surface area (Å²) in [6.07, 6.45) is -4.54. The third kappa shape index (κ3) is 3.53. The van der Waals surface area contributed by atoms with Gasteiger partial charge in [0.15, 0.2) is 0 Å². The van der Waals surface area contributed by atoms with E-state index in [1.807, 2.05) is 6.07 Å². The zero-order valence-electron chi connectivity index (χ0n) is 10.5. The molecule has 106 valence electrons. The topological polar surface area (TPSA) is 59.6 Å². The summed E-state index contributed by atoms with van der Waals surface area (Å²) in [4.78, 5) is 0.754. The molecule has 0 fully saturated rings. The molecule has 1 heterocycles. The number of halogens is 3. The Kier molecular flexibility index (Phi) is 4.15. The van der Waals surface area contributed by atoms with Crippen LogP contribution < -0.4 is 5.32 Å². The maximum atomic E-state index is 13.0. The quantitative estimate of drug-likeness (QED) is 0.927. The van der Waals surface area contributed by atoms with Crippen LogP contribution in [0.5, 0.6) is 0 Å². The molecule has 21 heavy (non-hydrogen) atoms. The lowest BCUT2D eigenvalue weighted by molar-refractivity contribution is -0.137. The van der Waals surface area contributed by atoms with Crippen molar-refractivity contribution in [3.05, 3.63) is 51.2 Å². The summed E-state index contributed by atoms with van der Waals surface area (Å²) in [5.41, 5.74) is -0.532. The molecule has 3 nitrogen and oxygen atoms in total. The average molecular weight is 307 g/mol. The highest BCUT2D eigenvalue weighted by atomic mass is 32.1. The van der Waals surface area contributed by atoms with Crippen molar-refractivity contribution in [1.29, 1.82) is 10.5 Å². The Morgan fingerprint density at radius 2 is 1.81 bits per heavy atom. The summed E-state index contributed by atoms with van der Waals surface area (Å²) in [6, 6.07) is 8.65. The van der Waals surface area contributed by atoms with Crippen molar-refractivity contribution in [3.8, 4) is 12.1 Å². The number of nitrogens with one attached hydrogen (secondary N) is 1. The Balaban J connectivity index is 2.24. The number of anilines is 1. The molecule has 2 aromatic rings. The molecule has 0 bridgehead atoms. The molecule has 0 atom stereocenters. The van der Waals surface area contributed by atoms with Crippen LogP contribution >= 0.6 is 11.3 Å². The fourth-order valence-electron chi connectivity index (χ4n) is 1.72. The van der Waals surface area contributed by atoms with Crippen LogP contribution in [-0.2, 0) is 12.7 Å². The molecule has 0 aliphatic carbocycles. The minimum atomic E-state index is -4.54. The summed E-state index contributed by atoms with van der Waals surface area (Å²) >= 11 is 1.30. The zero-order chi connectivity index (χ0) is 15.5. The van der Waals surface area contributed by atoms with Crippen LogP contribution in [0, 0.1) is 22.7 Å². The van der Waals surface area contributed by atoms with Crippen molar-refractivity contribution in [2.24, 2.45) is 0 Å². The van der Waals surface area contributed by atoms with Gasteiger partial charge >= 0.3 is 6.18 Å². The monoisotopic (exact) mass is 307 g/mol. The Labute approximate surface area is 122 Å². The average Bonchev–Trinajstić information content (AvgIpc) is 2.92. The SMILES string of the molecule is N#Cc1csc(CNc2ccc(C#N)cc2C(F)(F)F)c1. The van der Waals surface area contributed by atoms with Gasteiger partial charge in [-0.25, -0.2) is 0 Å². The molecule has 0 saturated carbocycles. The van der Waals surface area contributed by atoms with Gasteiger partial charge in [0.25, 0.3) is 0 Å². The second-order valence-electron chi connectivity index (χ2n) is 4.14. The van der Waals surface area contributed by atoms with E-state index in [1.165, 1.54) is 23.5 Å². The molecule has 0 unspecified atom stereocenters. The third-order valence-electron chi connectivity index (χ3n) is 2.69. The number of hydrogen-bond donors (Lipinski definition) is 1. The Morgan fingerprint density at radius 3 is 2.38 bits per heavy atom. The molecule has 0 amide bonds. The highest BCUT2D eigenvalue weighted by Crippen LogP contribution is 2.35. The molecule has 0 saturated heterocycles. The largest absolute Gasteiger partial charge is 0.418 e. The number of rotatable bonds is 3. The predicted octanol–water partition coefficient (Wildman–Crippen LogP) is 4.12. The van der Waals surface area contributed by atoms with Gasteiger partial charge in [-0.3, -0.25) is 0 Å². The lowest BCUT2D eigenvalue weighted by Crippen LogP contribution is -2.11. The summed E-state index contributed by atoms with van der Waals surface area (Å²) in [6.45, 7) is 0.182. The number of thiophene rings is 1. The Bertz CT molecular complexity index is 735. The predicted molar refractivity (Wildman–Crippen MR) is 72.5 cm³/mol. The van der Waals surface area contributed by atoms with E-state index in [1.54, 1.807) is 17.5 Å². The van der Waals surface area contributed by atoms with E-state index in [0.29, 0.717) is 5.56 Å². The normalized spacial score (nSPS) is 10.7. The fourth-order valence-corrected chi connectivity index (χ4v) is 2.47. The number of nitrogens with zero attached hydrogens (tertiary/aromatic N) is 2. The first-order chi connectivity index (χ1) is 9.94. The molecular weight excluding hydrogens is 299 g/mol. The van der Waals surface area contributed by atoms with Gasteiger partial charge in [-0.15, -0.1) is 11.3 Å². The van der Waals surface area contributed by atoms with Gasteiger partial charge in [0.05, 0.1) is 22.8 Å². The number of alkyl halides is 3. The lowest BCUT2D eigenvalue weighted by Gasteiger charge is -2.14. The molecule has 0 aliphatic heterocycles. The number of hydrogen-bond acceptors (Lipinski definition) is 4. The van der Waals surface area contributed by atoms with Crippen LogP contribution in [0.15, 0.2) is 29.6 Å². The van der Waals surface area contributed by atoms with E-state index < -0.39 is 11.7 Å². The summed E-state index contributed by atoms with van der Waals surface area (Å²) < 4.78 is 38.9. The minimum Gasteiger partial charge on any atom is -0.380 e. The zero-order valence-corrected chi connectivity index (χ0v) is 11.3. The first-order valence-electron chi connectivity index (χ1n) is 5.77. The Morgan fingerprint density at radius 1 is 1.10 bits per heavy atom. The van der Waals surface area contributed by atoms with Crippen molar-refractivity contribution >= 4 is 17.0 Å². The van der Waals surface area contributed by atoms with Crippen molar-refractivity contribution in [3.63, 3.8) is 0 Å². The van der Waals surface area contributed by atoms with Gasteiger partial charge < -0.3 is 5.32 Å². The minimum absolute atomic E-state index is 0.0456. The van der Waals surface area contributed by atoms with E-state index in [0.717, 1.165) is 10.9 Å². The van der Waals surface area contributed by atoms with Gasteiger partial charge in [-0.05, 0) is 24.3 Å². The molecule has 1 N–H and O–H groups in total. The molecular formula is C14H8F3N3S. The Hall–Kier alpha value is -2.51. The van der Waals surface area contributed by atoms with Crippen LogP contribution in [0.2, 0.25) is 0 Å². The maximum Gasteiger partial charge on any atom is 0.418 e. The molecule has 1 aromatic heterocycles. The first-order valence-corrected chi connectivity index (χ1v) is 6.64.